The molecule has 0 saturated carbocycles. The molecule has 0 unspecified atom stereocenters. The fourth-order valence-corrected chi connectivity index (χ4v) is 2.40. The van der Waals surface area contributed by atoms with E-state index in [9.17, 15) is 9.59 Å². The molecule has 0 spiro atoms. The Kier molecular flexibility index (Phi) is 5.76. The fraction of sp³-hybridized carbons (Fsp3) is 0.818. The zero-order valence-electron chi connectivity index (χ0n) is 9.33. The second kappa shape index (κ2) is 6.88. The first-order valence-corrected chi connectivity index (χ1v) is 6.71. The van der Waals surface area contributed by atoms with Gasteiger partial charge in [-0.25, -0.2) is 0 Å². The minimum atomic E-state index is -0.0615. The van der Waals surface area contributed by atoms with Crippen LogP contribution in [0.2, 0.25) is 0 Å². The summed E-state index contributed by atoms with van der Waals surface area (Å²) in [6, 6.07) is 0. The second-order valence-corrected chi connectivity index (χ2v) is 4.79. The van der Waals surface area contributed by atoms with Crippen molar-refractivity contribution in [2.45, 2.75) is 45.4 Å². The summed E-state index contributed by atoms with van der Waals surface area (Å²) in [5.74, 6) is 0.327. The summed E-state index contributed by atoms with van der Waals surface area (Å²) in [6.45, 7) is 2.82. The van der Waals surface area contributed by atoms with Crippen LogP contribution in [0.4, 0.5) is 4.79 Å². The third-order valence-electron chi connectivity index (χ3n) is 2.58. The van der Waals surface area contributed by atoms with E-state index in [1.165, 1.54) is 30.6 Å². The molecule has 1 rings (SSSR count). The fourth-order valence-electron chi connectivity index (χ4n) is 1.65. The topological polar surface area (TPSA) is 37.4 Å². The Morgan fingerprint density at radius 1 is 1.13 bits per heavy atom. The van der Waals surface area contributed by atoms with Gasteiger partial charge in [0.15, 0.2) is 0 Å². The maximum atomic E-state index is 11.2. The average Bonchev–Trinajstić information content (AvgIpc) is 2.54. The van der Waals surface area contributed by atoms with Gasteiger partial charge in [0.05, 0.1) is 5.75 Å². The first-order valence-electron chi connectivity index (χ1n) is 5.73. The van der Waals surface area contributed by atoms with Crippen molar-refractivity contribution in [1.82, 2.24) is 4.90 Å². The van der Waals surface area contributed by atoms with Crippen LogP contribution in [-0.4, -0.2) is 28.3 Å². The molecule has 2 amide bonds. The van der Waals surface area contributed by atoms with Gasteiger partial charge < -0.3 is 0 Å². The van der Waals surface area contributed by atoms with Crippen LogP contribution in [0, 0.1) is 0 Å². The predicted molar refractivity (Wildman–Crippen MR) is 62.9 cm³/mol. The third-order valence-corrected chi connectivity index (χ3v) is 3.43. The molecule has 0 aliphatic carbocycles. The molecule has 1 saturated heterocycles. The summed E-state index contributed by atoms with van der Waals surface area (Å²) in [7, 11) is 0. The summed E-state index contributed by atoms with van der Waals surface area (Å²) >= 11 is 1.12. The summed E-state index contributed by atoms with van der Waals surface area (Å²) < 4.78 is 0. The number of amides is 2. The zero-order valence-corrected chi connectivity index (χ0v) is 10.1. The van der Waals surface area contributed by atoms with Crippen molar-refractivity contribution in [1.29, 1.82) is 0 Å². The number of rotatable bonds is 7. The minimum absolute atomic E-state index is 0.0152. The molecule has 3 nitrogen and oxygen atoms in total. The van der Waals surface area contributed by atoms with Crippen molar-refractivity contribution in [3.8, 4) is 0 Å². The predicted octanol–water partition coefficient (Wildman–Crippen LogP) is 3.04. The Morgan fingerprint density at radius 3 is 2.40 bits per heavy atom. The Morgan fingerprint density at radius 2 is 1.80 bits per heavy atom. The van der Waals surface area contributed by atoms with Gasteiger partial charge in [-0.05, 0) is 6.42 Å². The van der Waals surface area contributed by atoms with E-state index in [2.05, 4.69) is 6.92 Å². The third kappa shape index (κ3) is 4.24. The lowest BCUT2D eigenvalue weighted by Gasteiger charge is -2.11. The van der Waals surface area contributed by atoms with Crippen LogP contribution in [-0.2, 0) is 4.79 Å². The van der Waals surface area contributed by atoms with Crippen LogP contribution >= 0.6 is 11.8 Å². The van der Waals surface area contributed by atoms with E-state index in [0.717, 1.165) is 24.6 Å². The molecule has 1 heterocycles. The average molecular weight is 229 g/mol. The van der Waals surface area contributed by atoms with Gasteiger partial charge in [0.2, 0.25) is 5.91 Å². The van der Waals surface area contributed by atoms with E-state index in [1.54, 1.807) is 0 Å². The molecule has 0 atom stereocenters. The van der Waals surface area contributed by atoms with Gasteiger partial charge in [0.1, 0.15) is 0 Å². The van der Waals surface area contributed by atoms with Crippen molar-refractivity contribution >= 4 is 22.9 Å². The lowest BCUT2D eigenvalue weighted by molar-refractivity contribution is -0.124. The molecular formula is C11H19NO2S. The first-order chi connectivity index (χ1) is 7.25. The molecule has 0 N–H and O–H groups in total. The molecule has 0 bridgehead atoms. The maximum Gasteiger partial charge on any atom is 0.288 e. The number of hydrogen-bond acceptors (Lipinski definition) is 3. The van der Waals surface area contributed by atoms with Crippen LogP contribution in [0.25, 0.3) is 0 Å². The van der Waals surface area contributed by atoms with Crippen molar-refractivity contribution in [3.63, 3.8) is 0 Å². The Hall–Kier alpha value is -0.510. The molecule has 0 radical (unpaired) electrons. The highest BCUT2D eigenvalue weighted by Gasteiger charge is 2.28. The van der Waals surface area contributed by atoms with Gasteiger partial charge in [0.25, 0.3) is 5.24 Å². The highest BCUT2D eigenvalue weighted by molar-refractivity contribution is 8.14. The monoisotopic (exact) mass is 229 g/mol. The number of unbranched alkanes of at least 4 members (excludes halogenated alkanes) is 5. The highest BCUT2D eigenvalue weighted by Crippen LogP contribution is 2.19. The SMILES string of the molecule is CCCCCCCCN1C(=O)CSC1=O. The maximum absolute atomic E-state index is 11.2. The van der Waals surface area contributed by atoms with Crippen molar-refractivity contribution in [2.24, 2.45) is 0 Å². The van der Waals surface area contributed by atoms with Gasteiger partial charge in [-0.3, -0.25) is 14.5 Å². The molecule has 1 aliphatic rings. The van der Waals surface area contributed by atoms with E-state index in [4.69, 9.17) is 0 Å². The Bertz CT molecular complexity index is 215. The molecule has 1 aliphatic heterocycles. The van der Waals surface area contributed by atoms with E-state index in [1.807, 2.05) is 0 Å². The standard InChI is InChI=1S/C11H19NO2S/c1-2-3-4-5-6-7-8-12-10(13)9-15-11(12)14/h2-9H2,1H3. The van der Waals surface area contributed by atoms with E-state index >= 15 is 0 Å². The number of hydrogen-bond donors (Lipinski definition) is 0. The highest BCUT2D eigenvalue weighted by atomic mass is 32.2. The normalized spacial score (nSPS) is 16.5. The molecule has 86 valence electrons. The van der Waals surface area contributed by atoms with E-state index in [0.29, 0.717) is 12.3 Å². The van der Waals surface area contributed by atoms with Gasteiger partial charge >= 0.3 is 0 Å². The summed E-state index contributed by atoms with van der Waals surface area (Å²) in [5, 5.41) is -0.0615. The molecule has 1 fully saturated rings. The Balaban J connectivity index is 2.04. The zero-order chi connectivity index (χ0) is 11.1. The smallest absolute Gasteiger partial charge is 0.273 e. The quantitative estimate of drug-likeness (QED) is 0.630. The van der Waals surface area contributed by atoms with Gasteiger partial charge in [0, 0.05) is 6.54 Å². The van der Waals surface area contributed by atoms with Gasteiger partial charge in [-0.1, -0.05) is 50.8 Å². The molecular weight excluding hydrogens is 210 g/mol. The lowest BCUT2D eigenvalue weighted by Crippen LogP contribution is -2.29. The summed E-state index contributed by atoms with van der Waals surface area (Å²) in [4.78, 5) is 23.8. The minimum Gasteiger partial charge on any atom is -0.273 e. The van der Waals surface area contributed by atoms with Crippen molar-refractivity contribution in [2.75, 3.05) is 12.3 Å². The van der Waals surface area contributed by atoms with Crippen LogP contribution in [0.3, 0.4) is 0 Å². The number of thioether (sulfide) groups is 1. The second-order valence-electron chi connectivity index (χ2n) is 3.87. The van der Waals surface area contributed by atoms with E-state index < -0.39 is 0 Å². The molecule has 4 heteroatoms. The first kappa shape index (κ1) is 12.6. The molecule has 0 aromatic rings. The summed E-state index contributed by atoms with van der Waals surface area (Å²) in [6.07, 6.45) is 7.12. The molecule has 15 heavy (non-hydrogen) atoms. The van der Waals surface area contributed by atoms with Gasteiger partial charge in [-0.2, -0.15) is 0 Å². The van der Waals surface area contributed by atoms with Crippen molar-refractivity contribution in [3.05, 3.63) is 0 Å². The molecule has 0 aromatic heterocycles. The number of nitrogens with zero attached hydrogens (tertiary/aromatic N) is 1. The largest absolute Gasteiger partial charge is 0.288 e. The van der Waals surface area contributed by atoms with E-state index in [-0.39, 0.29) is 11.1 Å². The molecule has 0 aromatic carbocycles. The number of imide groups is 1. The van der Waals surface area contributed by atoms with Gasteiger partial charge in [-0.15, -0.1) is 0 Å². The summed E-state index contributed by atoms with van der Waals surface area (Å²) in [5.41, 5.74) is 0. The van der Waals surface area contributed by atoms with Crippen molar-refractivity contribution < 1.29 is 9.59 Å². The van der Waals surface area contributed by atoms with Crippen LogP contribution in [0.5, 0.6) is 0 Å². The Labute approximate surface area is 95.6 Å². The van der Waals surface area contributed by atoms with Crippen LogP contribution in [0.1, 0.15) is 45.4 Å². The lowest BCUT2D eigenvalue weighted by atomic mass is 10.1. The van der Waals surface area contributed by atoms with Crippen LogP contribution < -0.4 is 0 Å². The van der Waals surface area contributed by atoms with Crippen LogP contribution in [0.15, 0.2) is 0 Å². The number of carbonyl (C=O) groups is 2. The number of carbonyl (C=O) groups excluding carboxylic acids is 2.